The van der Waals surface area contributed by atoms with E-state index < -0.39 is 0 Å². The molecule has 0 saturated carbocycles. The SMILES string of the molecule is COc1cc(C#N)ccc1OCCC(=O)NC(C)C. The highest BCUT2D eigenvalue weighted by molar-refractivity contribution is 5.76. The zero-order valence-corrected chi connectivity index (χ0v) is 11.4. The van der Waals surface area contributed by atoms with Crippen LogP contribution >= 0.6 is 0 Å². The molecule has 0 fully saturated rings. The molecule has 0 saturated heterocycles. The number of rotatable bonds is 6. The summed E-state index contributed by atoms with van der Waals surface area (Å²) in [5.41, 5.74) is 0.502. The van der Waals surface area contributed by atoms with Gasteiger partial charge in [-0.05, 0) is 26.0 Å². The van der Waals surface area contributed by atoms with E-state index in [0.717, 1.165) is 0 Å². The lowest BCUT2D eigenvalue weighted by Crippen LogP contribution is -2.31. The van der Waals surface area contributed by atoms with Gasteiger partial charge in [-0.3, -0.25) is 4.79 Å². The van der Waals surface area contributed by atoms with E-state index in [1.165, 1.54) is 7.11 Å². The highest BCUT2D eigenvalue weighted by Crippen LogP contribution is 2.27. The van der Waals surface area contributed by atoms with Crippen molar-refractivity contribution in [3.63, 3.8) is 0 Å². The van der Waals surface area contributed by atoms with Crippen molar-refractivity contribution in [2.45, 2.75) is 26.3 Å². The molecule has 0 aliphatic carbocycles. The maximum absolute atomic E-state index is 11.4. The van der Waals surface area contributed by atoms with Gasteiger partial charge in [0.15, 0.2) is 11.5 Å². The Hall–Kier alpha value is -2.22. The van der Waals surface area contributed by atoms with Crippen molar-refractivity contribution in [2.24, 2.45) is 0 Å². The summed E-state index contributed by atoms with van der Waals surface area (Å²) in [5.74, 6) is 0.963. The molecule has 102 valence electrons. The van der Waals surface area contributed by atoms with Gasteiger partial charge in [0.2, 0.25) is 5.91 Å². The van der Waals surface area contributed by atoms with Crippen LogP contribution in [-0.2, 0) is 4.79 Å². The summed E-state index contributed by atoms with van der Waals surface area (Å²) in [6, 6.07) is 7.06. The third-order valence-corrected chi connectivity index (χ3v) is 2.33. The first-order valence-corrected chi connectivity index (χ1v) is 6.07. The second-order valence-corrected chi connectivity index (χ2v) is 4.30. The number of carbonyl (C=O) groups excluding carboxylic acids is 1. The van der Waals surface area contributed by atoms with Gasteiger partial charge in [-0.2, -0.15) is 5.26 Å². The molecule has 1 aromatic rings. The van der Waals surface area contributed by atoms with E-state index in [2.05, 4.69) is 5.32 Å². The Kier molecular flexibility index (Phi) is 5.68. The van der Waals surface area contributed by atoms with Gasteiger partial charge in [0.1, 0.15) is 0 Å². The molecule has 0 radical (unpaired) electrons. The first-order valence-electron chi connectivity index (χ1n) is 6.07. The standard InChI is InChI=1S/C14H18N2O3/c1-10(2)16-14(17)6-7-19-12-5-4-11(9-15)8-13(12)18-3/h4-5,8,10H,6-7H2,1-3H3,(H,16,17). The summed E-state index contributed by atoms with van der Waals surface area (Å²) in [6.07, 6.45) is 0.279. The molecule has 1 N–H and O–H groups in total. The lowest BCUT2D eigenvalue weighted by Gasteiger charge is -2.11. The van der Waals surface area contributed by atoms with Gasteiger partial charge in [0.25, 0.3) is 0 Å². The van der Waals surface area contributed by atoms with Crippen molar-refractivity contribution in [3.05, 3.63) is 23.8 Å². The molecule has 0 unspecified atom stereocenters. The monoisotopic (exact) mass is 262 g/mol. The van der Waals surface area contributed by atoms with Crippen LogP contribution in [0.5, 0.6) is 11.5 Å². The molecule has 1 amide bonds. The number of benzene rings is 1. The van der Waals surface area contributed by atoms with Gasteiger partial charge < -0.3 is 14.8 Å². The molecule has 0 heterocycles. The second-order valence-electron chi connectivity index (χ2n) is 4.30. The first kappa shape index (κ1) is 14.8. The minimum absolute atomic E-state index is 0.0531. The topological polar surface area (TPSA) is 71.3 Å². The van der Waals surface area contributed by atoms with E-state index in [0.29, 0.717) is 17.1 Å². The number of methoxy groups -OCH3 is 1. The van der Waals surface area contributed by atoms with E-state index in [-0.39, 0.29) is 25.0 Å². The molecule has 0 aromatic heterocycles. The minimum Gasteiger partial charge on any atom is -0.493 e. The average Bonchev–Trinajstić information content (AvgIpc) is 2.38. The number of amides is 1. The number of hydrogen-bond acceptors (Lipinski definition) is 4. The van der Waals surface area contributed by atoms with E-state index in [1.807, 2.05) is 19.9 Å². The zero-order chi connectivity index (χ0) is 14.3. The van der Waals surface area contributed by atoms with Crippen LogP contribution in [-0.4, -0.2) is 25.7 Å². The Morgan fingerprint density at radius 1 is 1.42 bits per heavy atom. The van der Waals surface area contributed by atoms with Gasteiger partial charge in [0.05, 0.1) is 31.8 Å². The maximum atomic E-state index is 11.4. The van der Waals surface area contributed by atoms with E-state index in [4.69, 9.17) is 14.7 Å². The molecule has 0 spiro atoms. The Bertz CT molecular complexity index is 478. The van der Waals surface area contributed by atoms with Crippen LogP contribution < -0.4 is 14.8 Å². The van der Waals surface area contributed by atoms with Gasteiger partial charge in [-0.1, -0.05) is 0 Å². The van der Waals surface area contributed by atoms with Crippen LogP contribution in [0.1, 0.15) is 25.8 Å². The van der Waals surface area contributed by atoms with Gasteiger partial charge in [-0.25, -0.2) is 0 Å². The summed E-state index contributed by atoms with van der Waals surface area (Å²) in [5, 5.41) is 11.6. The molecule has 0 bridgehead atoms. The number of nitriles is 1. The normalized spacial score (nSPS) is 9.84. The van der Waals surface area contributed by atoms with Crippen molar-refractivity contribution < 1.29 is 14.3 Å². The molecule has 5 nitrogen and oxygen atoms in total. The van der Waals surface area contributed by atoms with Crippen molar-refractivity contribution in [1.82, 2.24) is 5.32 Å². The highest BCUT2D eigenvalue weighted by atomic mass is 16.5. The molecular weight excluding hydrogens is 244 g/mol. The van der Waals surface area contributed by atoms with Crippen LogP contribution in [0.25, 0.3) is 0 Å². The van der Waals surface area contributed by atoms with E-state index in [1.54, 1.807) is 18.2 Å². The quantitative estimate of drug-likeness (QED) is 0.849. The van der Waals surface area contributed by atoms with Crippen molar-refractivity contribution in [3.8, 4) is 17.6 Å². The summed E-state index contributed by atoms with van der Waals surface area (Å²) >= 11 is 0. The molecular formula is C14H18N2O3. The second kappa shape index (κ2) is 7.27. The first-order chi connectivity index (χ1) is 9.06. The molecule has 0 aliphatic heterocycles. The molecule has 0 aliphatic rings. The molecule has 19 heavy (non-hydrogen) atoms. The van der Waals surface area contributed by atoms with Gasteiger partial charge >= 0.3 is 0 Å². The smallest absolute Gasteiger partial charge is 0.223 e. The summed E-state index contributed by atoms with van der Waals surface area (Å²) in [4.78, 5) is 11.4. The minimum atomic E-state index is -0.0531. The lowest BCUT2D eigenvalue weighted by atomic mass is 10.2. The third kappa shape index (κ3) is 4.88. The van der Waals surface area contributed by atoms with Crippen LogP contribution in [0.3, 0.4) is 0 Å². The Labute approximate surface area is 113 Å². The van der Waals surface area contributed by atoms with Gasteiger partial charge in [0, 0.05) is 12.1 Å². The van der Waals surface area contributed by atoms with Crippen LogP contribution in [0, 0.1) is 11.3 Å². The number of ether oxygens (including phenoxy) is 2. The Morgan fingerprint density at radius 2 is 2.16 bits per heavy atom. The third-order valence-electron chi connectivity index (χ3n) is 2.33. The summed E-state index contributed by atoms with van der Waals surface area (Å²) in [6.45, 7) is 4.08. The molecule has 0 atom stereocenters. The zero-order valence-electron chi connectivity index (χ0n) is 11.4. The fourth-order valence-electron chi connectivity index (χ4n) is 1.50. The Morgan fingerprint density at radius 3 is 2.74 bits per heavy atom. The highest BCUT2D eigenvalue weighted by Gasteiger charge is 2.07. The summed E-state index contributed by atoms with van der Waals surface area (Å²) < 4.78 is 10.6. The molecule has 1 aromatic carbocycles. The number of nitrogens with zero attached hydrogens (tertiary/aromatic N) is 1. The van der Waals surface area contributed by atoms with Crippen molar-refractivity contribution in [1.29, 1.82) is 5.26 Å². The maximum Gasteiger partial charge on any atom is 0.223 e. The fourth-order valence-corrected chi connectivity index (χ4v) is 1.50. The predicted octanol–water partition coefficient (Wildman–Crippen LogP) is 1.86. The largest absolute Gasteiger partial charge is 0.493 e. The van der Waals surface area contributed by atoms with Crippen LogP contribution in [0.4, 0.5) is 0 Å². The molecule has 1 rings (SSSR count). The number of hydrogen-bond donors (Lipinski definition) is 1. The van der Waals surface area contributed by atoms with Crippen molar-refractivity contribution >= 4 is 5.91 Å². The van der Waals surface area contributed by atoms with E-state index >= 15 is 0 Å². The summed E-state index contributed by atoms with van der Waals surface area (Å²) in [7, 11) is 1.51. The van der Waals surface area contributed by atoms with Crippen LogP contribution in [0.2, 0.25) is 0 Å². The molecule has 5 heteroatoms. The predicted molar refractivity (Wildman–Crippen MR) is 71.1 cm³/mol. The number of nitrogens with one attached hydrogen (secondary N) is 1. The van der Waals surface area contributed by atoms with Gasteiger partial charge in [-0.15, -0.1) is 0 Å². The Balaban J connectivity index is 2.54. The number of carbonyl (C=O) groups is 1. The average molecular weight is 262 g/mol. The van der Waals surface area contributed by atoms with Crippen molar-refractivity contribution in [2.75, 3.05) is 13.7 Å². The fraction of sp³-hybridized carbons (Fsp3) is 0.429. The lowest BCUT2D eigenvalue weighted by molar-refractivity contribution is -0.122. The van der Waals surface area contributed by atoms with Crippen LogP contribution in [0.15, 0.2) is 18.2 Å². The van der Waals surface area contributed by atoms with E-state index in [9.17, 15) is 4.79 Å².